The van der Waals surface area contributed by atoms with Gasteiger partial charge in [0.25, 0.3) is 0 Å². The maximum atomic E-state index is 10.9. The Hall–Kier alpha value is -0.340. The minimum atomic E-state index is -0.361. The number of fused-ring (bicyclic) bond motifs is 7. The van der Waals surface area contributed by atoms with Crippen molar-refractivity contribution in [2.24, 2.45) is 56.7 Å². The van der Waals surface area contributed by atoms with Crippen molar-refractivity contribution in [3.63, 3.8) is 0 Å². The summed E-state index contributed by atoms with van der Waals surface area (Å²) in [6.45, 7) is 17.8. The van der Waals surface area contributed by atoms with Crippen LogP contribution >= 0.6 is 0 Å². The fourth-order valence-corrected chi connectivity index (χ4v) is 10.9. The zero-order valence-electron chi connectivity index (χ0n) is 22.0. The van der Waals surface area contributed by atoms with Crippen LogP contribution in [-0.2, 0) is 0 Å². The largest absolute Gasteiger partial charge is 0.396 e. The van der Waals surface area contributed by atoms with Gasteiger partial charge in [-0.2, -0.15) is 0 Å². The maximum Gasteiger partial charge on any atom is 0.0618 e. The molecule has 11 atom stereocenters. The fourth-order valence-electron chi connectivity index (χ4n) is 10.9. The van der Waals surface area contributed by atoms with E-state index in [9.17, 15) is 10.2 Å². The van der Waals surface area contributed by atoms with E-state index < -0.39 is 0 Å². The molecule has 0 spiro atoms. The van der Waals surface area contributed by atoms with Gasteiger partial charge in [-0.3, -0.25) is 0 Å². The molecule has 0 aromatic rings. The Kier molecular flexibility index (Phi) is 5.19. The van der Waals surface area contributed by atoms with Crippen LogP contribution in [-0.4, -0.2) is 22.9 Å². The highest BCUT2D eigenvalue weighted by Crippen LogP contribution is 2.75. The van der Waals surface area contributed by atoms with E-state index in [-0.39, 0.29) is 23.5 Å². The first-order chi connectivity index (χ1) is 14.9. The molecule has 0 saturated heterocycles. The molecule has 32 heavy (non-hydrogen) atoms. The monoisotopic (exact) mass is 442 g/mol. The van der Waals surface area contributed by atoms with Crippen LogP contribution in [0.25, 0.3) is 0 Å². The summed E-state index contributed by atoms with van der Waals surface area (Å²) in [5.74, 6) is 3.45. The zero-order valence-corrected chi connectivity index (χ0v) is 22.0. The van der Waals surface area contributed by atoms with E-state index in [4.69, 9.17) is 0 Å². The molecular weight excluding hydrogens is 392 g/mol. The fraction of sp³-hybridized carbons (Fsp3) is 0.933. The van der Waals surface area contributed by atoms with Gasteiger partial charge in [-0.1, -0.05) is 60.1 Å². The molecule has 4 fully saturated rings. The van der Waals surface area contributed by atoms with E-state index in [2.05, 4.69) is 54.5 Å². The van der Waals surface area contributed by atoms with Gasteiger partial charge >= 0.3 is 0 Å². The minimum Gasteiger partial charge on any atom is -0.396 e. The summed E-state index contributed by atoms with van der Waals surface area (Å²) in [4.78, 5) is 0. The Labute approximate surface area is 197 Å². The SMILES string of the molecule is CC1CCC2(C)CCC3(C)C(=CCC4C5(C)CCC(O)C(C)(CO)C5CCC43C)C2C1C. The van der Waals surface area contributed by atoms with Gasteiger partial charge in [0, 0.05) is 5.41 Å². The van der Waals surface area contributed by atoms with Crippen molar-refractivity contribution in [2.75, 3.05) is 6.61 Å². The average Bonchev–Trinajstić information content (AvgIpc) is 2.75. The molecule has 0 amide bonds. The van der Waals surface area contributed by atoms with Crippen molar-refractivity contribution >= 4 is 0 Å². The van der Waals surface area contributed by atoms with E-state index in [1.807, 2.05) is 5.57 Å². The standard InChI is InChI=1S/C30H50O2/c1-19-10-13-26(3)16-17-29(6)21(25(26)20(19)2)8-9-23-27(4)14-12-24(32)28(5,18-31)22(27)11-15-30(23,29)7/h8,19-20,22-25,31-32H,9-18H2,1-7H3. The third-order valence-electron chi connectivity index (χ3n) is 13.5. The Balaban J connectivity index is 1.59. The second-order valence-electron chi connectivity index (χ2n) is 14.5. The molecule has 11 unspecified atom stereocenters. The third kappa shape index (κ3) is 2.66. The third-order valence-corrected chi connectivity index (χ3v) is 13.5. The molecule has 2 N–H and O–H groups in total. The summed E-state index contributed by atoms with van der Waals surface area (Å²) in [6, 6.07) is 0. The predicted molar refractivity (Wildman–Crippen MR) is 132 cm³/mol. The Morgan fingerprint density at radius 3 is 2.28 bits per heavy atom. The molecule has 0 aliphatic heterocycles. The Morgan fingerprint density at radius 1 is 0.875 bits per heavy atom. The number of hydrogen-bond acceptors (Lipinski definition) is 2. The Morgan fingerprint density at radius 2 is 1.59 bits per heavy atom. The predicted octanol–water partition coefficient (Wildman–Crippen LogP) is 7.00. The molecule has 182 valence electrons. The Bertz CT molecular complexity index is 803. The van der Waals surface area contributed by atoms with Gasteiger partial charge in [0.05, 0.1) is 12.7 Å². The lowest BCUT2D eigenvalue weighted by molar-refractivity contribution is -0.215. The molecule has 0 aromatic heterocycles. The lowest BCUT2D eigenvalue weighted by atomic mass is 9.33. The van der Waals surface area contributed by atoms with Gasteiger partial charge in [0.2, 0.25) is 0 Å². The lowest BCUT2D eigenvalue weighted by Gasteiger charge is -2.71. The summed E-state index contributed by atoms with van der Waals surface area (Å²) >= 11 is 0. The summed E-state index contributed by atoms with van der Waals surface area (Å²) < 4.78 is 0. The normalized spacial score (nSPS) is 59.8. The van der Waals surface area contributed by atoms with Crippen LogP contribution in [0.2, 0.25) is 0 Å². The topological polar surface area (TPSA) is 40.5 Å². The van der Waals surface area contributed by atoms with E-state index in [0.717, 1.165) is 37.0 Å². The van der Waals surface area contributed by atoms with Crippen molar-refractivity contribution in [1.82, 2.24) is 0 Å². The highest BCUT2D eigenvalue weighted by atomic mass is 16.3. The number of rotatable bonds is 1. The minimum absolute atomic E-state index is 0.117. The van der Waals surface area contributed by atoms with E-state index in [0.29, 0.717) is 28.1 Å². The van der Waals surface area contributed by atoms with Gasteiger partial charge in [0.15, 0.2) is 0 Å². The molecular formula is C30H50O2. The van der Waals surface area contributed by atoms with E-state index >= 15 is 0 Å². The first-order valence-corrected chi connectivity index (χ1v) is 13.9. The summed E-state index contributed by atoms with van der Waals surface area (Å²) in [6.07, 6.45) is 13.5. The molecule has 0 aromatic carbocycles. The summed E-state index contributed by atoms with van der Waals surface area (Å²) in [5.41, 5.74) is 2.81. The summed E-state index contributed by atoms with van der Waals surface area (Å²) in [7, 11) is 0. The van der Waals surface area contributed by atoms with Gasteiger partial charge in [-0.05, 0) is 109 Å². The van der Waals surface area contributed by atoms with Crippen molar-refractivity contribution in [3.05, 3.63) is 11.6 Å². The second kappa shape index (κ2) is 7.09. The van der Waals surface area contributed by atoms with Crippen molar-refractivity contribution in [2.45, 2.75) is 112 Å². The molecule has 0 heterocycles. The average molecular weight is 443 g/mol. The zero-order chi connectivity index (χ0) is 23.3. The number of aliphatic hydroxyl groups excluding tert-OH is 2. The van der Waals surface area contributed by atoms with Crippen LogP contribution in [0.15, 0.2) is 11.6 Å². The molecule has 5 rings (SSSR count). The smallest absolute Gasteiger partial charge is 0.0618 e. The molecule has 2 nitrogen and oxygen atoms in total. The summed E-state index contributed by atoms with van der Waals surface area (Å²) in [5, 5.41) is 21.3. The highest BCUT2D eigenvalue weighted by molar-refractivity contribution is 5.33. The maximum absolute atomic E-state index is 10.9. The number of allylic oxidation sites excluding steroid dienone is 2. The van der Waals surface area contributed by atoms with Gasteiger partial charge in [-0.15, -0.1) is 0 Å². The molecule has 0 radical (unpaired) electrons. The highest BCUT2D eigenvalue weighted by Gasteiger charge is 2.68. The van der Waals surface area contributed by atoms with Gasteiger partial charge in [0.1, 0.15) is 0 Å². The molecule has 5 aliphatic rings. The quantitative estimate of drug-likeness (QED) is 0.429. The molecule has 4 saturated carbocycles. The van der Waals surface area contributed by atoms with Crippen LogP contribution in [0, 0.1) is 56.7 Å². The van der Waals surface area contributed by atoms with Crippen LogP contribution in [0.5, 0.6) is 0 Å². The lowest BCUT2D eigenvalue weighted by Crippen LogP contribution is -2.65. The van der Waals surface area contributed by atoms with Crippen LogP contribution < -0.4 is 0 Å². The van der Waals surface area contributed by atoms with Crippen molar-refractivity contribution in [1.29, 1.82) is 0 Å². The van der Waals surface area contributed by atoms with Crippen LogP contribution in [0.3, 0.4) is 0 Å². The van der Waals surface area contributed by atoms with Crippen molar-refractivity contribution in [3.8, 4) is 0 Å². The van der Waals surface area contributed by atoms with E-state index in [1.54, 1.807) is 0 Å². The molecule has 0 bridgehead atoms. The van der Waals surface area contributed by atoms with Gasteiger partial charge < -0.3 is 10.2 Å². The molecule has 2 heteroatoms. The second-order valence-corrected chi connectivity index (χ2v) is 14.5. The molecule has 5 aliphatic carbocycles. The van der Waals surface area contributed by atoms with Crippen LogP contribution in [0.1, 0.15) is 106 Å². The van der Waals surface area contributed by atoms with Crippen LogP contribution in [0.4, 0.5) is 0 Å². The first kappa shape index (κ1) is 23.4. The van der Waals surface area contributed by atoms with E-state index in [1.165, 1.54) is 38.5 Å². The van der Waals surface area contributed by atoms with Crippen molar-refractivity contribution < 1.29 is 10.2 Å². The van der Waals surface area contributed by atoms with Gasteiger partial charge in [-0.25, -0.2) is 0 Å². The number of aliphatic hydroxyl groups is 2. The first-order valence-electron chi connectivity index (χ1n) is 13.9. The number of hydrogen-bond donors (Lipinski definition) is 2.